The number of rotatable bonds is 6. The summed E-state index contributed by atoms with van der Waals surface area (Å²) < 4.78 is 15.5. The molecule has 0 rings (SSSR count). The lowest BCUT2D eigenvalue weighted by Gasteiger charge is -2.23. The van der Waals surface area contributed by atoms with E-state index in [9.17, 15) is 0 Å². The first-order chi connectivity index (χ1) is 12.2. The second kappa shape index (κ2) is 26.2. The van der Waals surface area contributed by atoms with Crippen molar-refractivity contribution in [1.29, 1.82) is 0 Å². The summed E-state index contributed by atoms with van der Waals surface area (Å²) in [4.78, 5) is 36.0. The number of carbonyl (C=O) groups is 4. The number of hydrogen-bond acceptors (Lipinski definition) is 8. The Morgan fingerprint density at radius 2 is 0.889 bits per heavy atom. The predicted octanol–water partition coefficient (Wildman–Crippen LogP) is 0.577. The highest BCUT2D eigenvalue weighted by molar-refractivity contribution is 6.60. The van der Waals surface area contributed by atoms with Crippen molar-refractivity contribution in [2.75, 3.05) is 27.9 Å². The molecule has 0 aliphatic heterocycles. The summed E-state index contributed by atoms with van der Waals surface area (Å²) in [5, 5.41) is 29.7. The van der Waals surface area contributed by atoms with Crippen LogP contribution in [0.5, 0.6) is 0 Å². The third-order valence-electron chi connectivity index (χ3n) is 1.62. The van der Waals surface area contributed by atoms with Crippen LogP contribution in [0.15, 0.2) is 0 Å². The van der Waals surface area contributed by atoms with Gasteiger partial charge in [-0.2, -0.15) is 0 Å². The predicted molar refractivity (Wildman–Crippen MR) is 98.5 cm³/mol. The van der Waals surface area contributed by atoms with Crippen LogP contribution < -0.4 is 5.73 Å². The molecule has 0 saturated carbocycles. The number of carboxylic acids is 4. The topological polar surface area (TPSA) is 203 Å². The fourth-order valence-corrected chi connectivity index (χ4v) is 2.62. The molecule has 0 amide bonds. The zero-order valence-electron chi connectivity index (χ0n) is 16.8. The van der Waals surface area contributed by atoms with Crippen LogP contribution in [0.3, 0.4) is 0 Å². The molecule has 0 radical (unpaired) electrons. The number of hydrogen-bond donors (Lipinski definition) is 5. The van der Waals surface area contributed by atoms with E-state index in [0.29, 0.717) is 6.54 Å². The van der Waals surface area contributed by atoms with E-state index < -0.39 is 32.7 Å². The Kier molecular flexibility index (Phi) is 34.8. The van der Waals surface area contributed by atoms with Crippen LogP contribution in [0.4, 0.5) is 0 Å². The molecule has 0 aromatic rings. The lowest BCUT2D eigenvalue weighted by atomic mass is 10.5. The van der Waals surface area contributed by atoms with Crippen molar-refractivity contribution in [3.05, 3.63) is 0 Å². The summed E-state index contributed by atoms with van der Waals surface area (Å²) in [6, 6.07) is 0.785. The van der Waals surface area contributed by atoms with Gasteiger partial charge in [0, 0.05) is 55.1 Å². The fourth-order valence-electron chi connectivity index (χ4n) is 0.875. The molecule has 0 aromatic heterocycles. The van der Waals surface area contributed by atoms with Crippen molar-refractivity contribution < 1.29 is 52.9 Å². The van der Waals surface area contributed by atoms with E-state index in [1.54, 1.807) is 21.3 Å². The molecule has 0 bridgehead atoms. The second-order valence-corrected chi connectivity index (χ2v) is 7.35. The molecule has 0 aliphatic carbocycles. The first-order valence-electron chi connectivity index (χ1n) is 7.31. The standard InChI is InChI=1S/C6H17NO3Si.4C2H4O2/c1-8-11(9-2,10-3)6-4-5-7;4*1-2(3)4/h4-7H2,1-3H3;4*1H3,(H,3,4). The van der Waals surface area contributed by atoms with E-state index >= 15 is 0 Å². The van der Waals surface area contributed by atoms with E-state index in [2.05, 4.69) is 0 Å². The van der Waals surface area contributed by atoms with E-state index in [-0.39, 0.29) is 0 Å². The van der Waals surface area contributed by atoms with Gasteiger partial charge >= 0.3 is 8.80 Å². The molecule has 164 valence electrons. The highest BCUT2D eigenvalue weighted by Crippen LogP contribution is 2.13. The average molecular weight is 420 g/mol. The SMILES string of the molecule is CC(=O)O.CC(=O)O.CC(=O)O.CC(=O)O.CO[Si](CCCN)(OC)OC. The second-order valence-electron chi connectivity index (χ2n) is 4.26. The maximum Gasteiger partial charge on any atom is 0.500 e. The molecule has 13 heteroatoms. The molecule has 0 spiro atoms. The molecule has 0 saturated heterocycles. The van der Waals surface area contributed by atoms with Crippen LogP contribution in [0.2, 0.25) is 6.04 Å². The van der Waals surface area contributed by atoms with Gasteiger partial charge < -0.3 is 39.4 Å². The summed E-state index contributed by atoms with van der Waals surface area (Å²) in [5.41, 5.74) is 5.36. The van der Waals surface area contributed by atoms with E-state index in [4.69, 9.17) is 58.6 Å². The minimum Gasteiger partial charge on any atom is -0.481 e. The molecule has 0 fully saturated rings. The van der Waals surface area contributed by atoms with Gasteiger partial charge in [-0.25, -0.2) is 0 Å². The largest absolute Gasteiger partial charge is 0.500 e. The summed E-state index contributed by atoms with van der Waals surface area (Å²) in [5.74, 6) is -3.33. The Morgan fingerprint density at radius 1 is 0.704 bits per heavy atom. The number of carboxylic acid groups (broad SMARTS) is 4. The summed E-state index contributed by atoms with van der Waals surface area (Å²) in [7, 11) is 2.50. The maximum atomic E-state index is 9.00. The van der Waals surface area contributed by atoms with Gasteiger partial charge in [-0.15, -0.1) is 0 Å². The Hall–Kier alpha value is -2.06. The lowest BCUT2D eigenvalue weighted by molar-refractivity contribution is -0.135. The molecule has 0 heterocycles. The minimum absolute atomic E-state index is 0.644. The minimum atomic E-state index is -2.32. The Morgan fingerprint density at radius 3 is 1.00 bits per heavy atom. The molecular weight excluding hydrogens is 386 g/mol. The zero-order valence-corrected chi connectivity index (χ0v) is 17.8. The monoisotopic (exact) mass is 419 g/mol. The van der Waals surface area contributed by atoms with Gasteiger partial charge in [0.15, 0.2) is 0 Å². The van der Waals surface area contributed by atoms with E-state index in [0.717, 1.165) is 40.2 Å². The quantitative estimate of drug-likeness (QED) is 0.375. The fraction of sp³-hybridized carbons (Fsp3) is 0.714. The van der Waals surface area contributed by atoms with Crippen LogP contribution in [-0.2, 0) is 32.5 Å². The number of aliphatic carboxylic acids is 4. The third kappa shape index (κ3) is 80.8. The lowest BCUT2D eigenvalue weighted by Crippen LogP contribution is -2.42. The van der Waals surface area contributed by atoms with Crippen LogP contribution in [0, 0.1) is 0 Å². The molecule has 0 atom stereocenters. The first kappa shape index (κ1) is 35.9. The van der Waals surface area contributed by atoms with Crippen LogP contribution in [0.25, 0.3) is 0 Å². The third-order valence-corrected chi connectivity index (χ3v) is 4.45. The summed E-state index contributed by atoms with van der Waals surface area (Å²) >= 11 is 0. The number of nitrogens with two attached hydrogens (primary N) is 1. The Labute approximate surface area is 160 Å². The molecule has 0 aromatic carbocycles. The van der Waals surface area contributed by atoms with Gasteiger partial charge in [0.2, 0.25) is 0 Å². The molecule has 12 nitrogen and oxygen atoms in total. The molecule has 6 N–H and O–H groups in total. The van der Waals surface area contributed by atoms with Crippen molar-refractivity contribution in [2.45, 2.75) is 40.2 Å². The summed E-state index contributed by atoms with van der Waals surface area (Å²) in [6.07, 6.45) is 0.877. The van der Waals surface area contributed by atoms with Gasteiger partial charge in [-0.1, -0.05) is 0 Å². The highest BCUT2D eigenvalue weighted by Gasteiger charge is 2.36. The van der Waals surface area contributed by atoms with Crippen LogP contribution in [0.1, 0.15) is 34.1 Å². The van der Waals surface area contributed by atoms with Gasteiger partial charge in [-0.05, 0) is 13.0 Å². The van der Waals surface area contributed by atoms with Crippen molar-refractivity contribution in [3.8, 4) is 0 Å². The Balaban J connectivity index is -0.0000000841. The summed E-state index contributed by atoms with van der Waals surface area (Å²) in [6.45, 7) is 4.98. The highest BCUT2D eigenvalue weighted by atomic mass is 28.4. The Bertz CT molecular complexity index is 315. The maximum absolute atomic E-state index is 9.00. The van der Waals surface area contributed by atoms with Gasteiger partial charge in [0.25, 0.3) is 23.9 Å². The molecule has 0 unspecified atom stereocenters. The zero-order chi connectivity index (χ0) is 23.1. The van der Waals surface area contributed by atoms with Crippen molar-refractivity contribution in [2.24, 2.45) is 5.73 Å². The molecule has 0 aliphatic rings. The average Bonchev–Trinajstić information content (AvgIpc) is 2.47. The van der Waals surface area contributed by atoms with Crippen LogP contribution >= 0.6 is 0 Å². The normalized spacial score (nSPS) is 8.59. The van der Waals surface area contributed by atoms with Crippen molar-refractivity contribution in [3.63, 3.8) is 0 Å². The first-order valence-corrected chi connectivity index (χ1v) is 9.24. The van der Waals surface area contributed by atoms with Gasteiger partial charge in [-0.3, -0.25) is 19.2 Å². The van der Waals surface area contributed by atoms with E-state index in [1.807, 2.05) is 0 Å². The molecule has 27 heavy (non-hydrogen) atoms. The smallest absolute Gasteiger partial charge is 0.481 e. The molecular formula is C14H33NO11Si. The van der Waals surface area contributed by atoms with Gasteiger partial charge in [0.05, 0.1) is 0 Å². The van der Waals surface area contributed by atoms with Gasteiger partial charge in [0.1, 0.15) is 0 Å². The van der Waals surface area contributed by atoms with Crippen molar-refractivity contribution in [1.82, 2.24) is 0 Å². The van der Waals surface area contributed by atoms with E-state index in [1.165, 1.54) is 0 Å². The van der Waals surface area contributed by atoms with Crippen LogP contribution in [-0.4, -0.2) is 81.0 Å². The van der Waals surface area contributed by atoms with Crippen molar-refractivity contribution >= 4 is 32.7 Å².